The van der Waals surface area contributed by atoms with Gasteiger partial charge in [-0.25, -0.2) is 4.79 Å². The molecule has 0 saturated carbocycles. The third-order valence-corrected chi connectivity index (χ3v) is 5.67. The van der Waals surface area contributed by atoms with E-state index < -0.39 is 28.2 Å². The Labute approximate surface area is 180 Å². The first-order valence-electron chi connectivity index (χ1n) is 9.35. The lowest BCUT2D eigenvalue weighted by atomic mass is 10.0. The molecule has 0 aliphatic rings. The van der Waals surface area contributed by atoms with Crippen molar-refractivity contribution < 1.29 is 27.5 Å². The van der Waals surface area contributed by atoms with E-state index >= 15 is 0 Å². The average Bonchev–Trinajstić information content (AvgIpc) is 2.77. The first-order valence-corrected chi connectivity index (χ1v) is 10.8. The predicted molar refractivity (Wildman–Crippen MR) is 117 cm³/mol. The molecule has 0 bridgehead atoms. The number of esters is 2. The highest BCUT2D eigenvalue weighted by molar-refractivity contribution is 7.90. The van der Waals surface area contributed by atoms with E-state index in [1.54, 1.807) is 0 Å². The van der Waals surface area contributed by atoms with Crippen LogP contribution in [0.2, 0.25) is 0 Å². The fraction of sp³-hybridized carbons (Fsp3) is 0.182. The topological polar surface area (TPSA) is 111 Å². The van der Waals surface area contributed by atoms with Gasteiger partial charge >= 0.3 is 11.9 Å². The maximum Gasteiger partial charge on any atom is 0.337 e. The summed E-state index contributed by atoms with van der Waals surface area (Å²) in [6, 6.07) is 18.0. The van der Waals surface area contributed by atoms with Gasteiger partial charge in [-0.1, -0.05) is 48.5 Å². The highest BCUT2D eigenvalue weighted by Gasteiger charge is 2.26. The van der Waals surface area contributed by atoms with Crippen molar-refractivity contribution in [1.82, 2.24) is 4.72 Å². The molecule has 0 aliphatic heterocycles. The van der Waals surface area contributed by atoms with E-state index in [1.807, 2.05) is 42.5 Å². The van der Waals surface area contributed by atoms with Gasteiger partial charge in [-0.2, -0.15) is 13.1 Å². The molecular weight excluding hydrogens is 420 g/mol. The summed E-state index contributed by atoms with van der Waals surface area (Å²) >= 11 is 0. The second kappa shape index (κ2) is 9.59. The van der Waals surface area contributed by atoms with Gasteiger partial charge in [0.15, 0.2) is 0 Å². The summed E-state index contributed by atoms with van der Waals surface area (Å²) in [5.74, 6) is -1.32. The van der Waals surface area contributed by atoms with Crippen molar-refractivity contribution in [2.75, 3.05) is 18.9 Å². The number of fused-ring (bicyclic) bond motifs is 1. The molecule has 3 rings (SSSR count). The second-order valence-electron chi connectivity index (χ2n) is 6.76. The molecule has 31 heavy (non-hydrogen) atoms. The lowest BCUT2D eigenvalue weighted by Crippen LogP contribution is -2.45. The molecule has 1 atom stereocenters. The van der Waals surface area contributed by atoms with Crippen LogP contribution >= 0.6 is 0 Å². The van der Waals surface area contributed by atoms with Gasteiger partial charge in [0.1, 0.15) is 6.04 Å². The van der Waals surface area contributed by atoms with Gasteiger partial charge in [0.25, 0.3) is 10.2 Å². The summed E-state index contributed by atoms with van der Waals surface area (Å²) < 4.78 is 39.3. The van der Waals surface area contributed by atoms with Gasteiger partial charge in [-0.05, 0) is 41.0 Å². The molecule has 0 aliphatic carbocycles. The van der Waals surface area contributed by atoms with E-state index in [0.717, 1.165) is 16.3 Å². The van der Waals surface area contributed by atoms with E-state index in [9.17, 15) is 18.0 Å². The summed E-state index contributed by atoms with van der Waals surface area (Å²) in [6.45, 7) is 0. The fourth-order valence-corrected chi connectivity index (χ4v) is 4.17. The Morgan fingerprint density at radius 2 is 1.65 bits per heavy atom. The van der Waals surface area contributed by atoms with Crippen LogP contribution < -0.4 is 9.44 Å². The molecule has 0 spiro atoms. The summed E-state index contributed by atoms with van der Waals surface area (Å²) in [5.41, 5.74) is 1.09. The van der Waals surface area contributed by atoms with Crippen LogP contribution in [-0.2, 0) is 30.9 Å². The minimum absolute atomic E-state index is 0.0978. The Kier molecular flexibility index (Phi) is 6.88. The summed E-state index contributed by atoms with van der Waals surface area (Å²) in [7, 11) is -1.73. The zero-order valence-electron chi connectivity index (χ0n) is 17.0. The Morgan fingerprint density at radius 3 is 2.35 bits per heavy atom. The SMILES string of the molecule is COC(=O)c1cccc(NS(=O)(=O)N[C@H](Cc2ccc3ccccc3c2)C(=O)OC)c1. The number of hydrogen-bond donors (Lipinski definition) is 2. The Balaban J connectivity index is 1.79. The fourth-order valence-electron chi connectivity index (χ4n) is 3.12. The third-order valence-electron chi connectivity index (χ3n) is 4.57. The zero-order valence-corrected chi connectivity index (χ0v) is 17.8. The van der Waals surface area contributed by atoms with Crippen LogP contribution in [0.4, 0.5) is 5.69 Å². The van der Waals surface area contributed by atoms with Gasteiger partial charge in [0.2, 0.25) is 0 Å². The van der Waals surface area contributed by atoms with Crippen LogP contribution in [0, 0.1) is 0 Å². The molecule has 0 unspecified atom stereocenters. The number of benzene rings is 3. The molecule has 9 heteroatoms. The van der Waals surface area contributed by atoms with Crippen LogP contribution in [0.3, 0.4) is 0 Å². The maximum atomic E-state index is 12.6. The lowest BCUT2D eigenvalue weighted by Gasteiger charge is -2.18. The van der Waals surface area contributed by atoms with Gasteiger partial charge in [-0.15, -0.1) is 0 Å². The molecule has 8 nitrogen and oxygen atoms in total. The smallest absolute Gasteiger partial charge is 0.337 e. The minimum Gasteiger partial charge on any atom is -0.468 e. The molecule has 3 aromatic rings. The number of carbonyl (C=O) groups is 2. The van der Waals surface area contributed by atoms with Gasteiger partial charge < -0.3 is 9.47 Å². The molecule has 0 aromatic heterocycles. The summed E-state index contributed by atoms with van der Waals surface area (Å²) in [6.07, 6.45) is 0.0978. The molecule has 2 N–H and O–H groups in total. The van der Waals surface area contributed by atoms with E-state index in [4.69, 9.17) is 4.74 Å². The molecule has 162 valence electrons. The number of nitrogens with one attached hydrogen (secondary N) is 2. The maximum absolute atomic E-state index is 12.6. The monoisotopic (exact) mass is 442 g/mol. The van der Waals surface area contributed by atoms with E-state index in [2.05, 4.69) is 14.2 Å². The van der Waals surface area contributed by atoms with Crippen molar-refractivity contribution in [1.29, 1.82) is 0 Å². The molecule has 0 amide bonds. The van der Waals surface area contributed by atoms with Gasteiger partial charge in [0, 0.05) is 0 Å². The first kappa shape index (κ1) is 22.3. The van der Waals surface area contributed by atoms with Crippen molar-refractivity contribution in [3.05, 3.63) is 77.9 Å². The normalized spacial score (nSPS) is 12.2. The molecule has 0 radical (unpaired) electrons. The Bertz CT molecular complexity index is 1210. The van der Waals surface area contributed by atoms with Gasteiger partial charge in [-0.3, -0.25) is 9.52 Å². The van der Waals surface area contributed by atoms with Crippen LogP contribution in [0.15, 0.2) is 66.7 Å². The highest BCUT2D eigenvalue weighted by Crippen LogP contribution is 2.18. The molecule has 3 aromatic carbocycles. The lowest BCUT2D eigenvalue weighted by molar-refractivity contribution is -0.142. The Morgan fingerprint density at radius 1 is 0.903 bits per heavy atom. The average molecular weight is 442 g/mol. The number of carbonyl (C=O) groups excluding carboxylic acids is 2. The molecule has 0 fully saturated rings. The number of methoxy groups -OCH3 is 2. The van der Waals surface area contributed by atoms with Crippen LogP contribution in [-0.4, -0.2) is 40.6 Å². The van der Waals surface area contributed by atoms with E-state index in [-0.39, 0.29) is 17.7 Å². The van der Waals surface area contributed by atoms with Crippen molar-refractivity contribution >= 4 is 38.6 Å². The van der Waals surface area contributed by atoms with Crippen molar-refractivity contribution in [3.8, 4) is 0 Å². The van der Waals surface area contributed by atoms with E-state index in [1.165, 1.54) is 38.5 Å². The number of rotatable bonds is 8. The summed E-state index contributed by atoms with van der Waals surface area (Å²) in [5, 5.41) is 2.01. The first-order chi connectivity index (χ1) is 14.8. The van der Waals surface area contributed by atoms with E-state index in [0.29, 0.717) is 0 Å². The van der Waals surface area contributed by atoms with Crippen molar-refractivity contribution in [2.45, 2.75) is 12.5 Å². The van der Waals surface area contributed by atoms with Crippen LogP contribution in [0.25, 0.3) is 10.8 Å². The summed E-state index contributed by atoms with van der Waals surface area (Å²) in [4.78, 5) is 23.9. The van der Waals surface area contributed by atoms with Crippen LogP contribution in [0.1, 0.15) is 15.9 Å². The predicted octanol–water partition coefficient (Wildman–Crippen LogP) is 2.66. The minimum atomic E-state index is -4.15. The standard InChI is InChI=1S/C22H22N2O6S/c1-29-21(25)18-8-5-9-19(14-18)23-31(27,28)24-20(22(26)30-2)13-15-10-11-16-6-3-4-7-17(16)12-15/h3-12,14,20,23-24H,13H2,1-2H3/t20-/m1/s1. The quantitative estimate of drug-likeness (QED) is 0.519. The largest absolute Gasteiger partial charge is 0.468 e. The zero-order chi connectivity index (χ0) is 22.4. The number of ether oxygens (including phenoxy) is 2. The molecular formula is C22H22N2O6S. The highest BCUT2D eigenvalue weighted by atomic mass is 32.2. The van der Waals surface area contributed by atoms with Crippen LogP contribution in [0.5, 0.6) is 0 Å². The third kappa shape index (κ3) is 5.80. The number of anilines is 1. The van der Waals surface area contributed by atoms with Gasteiger partial charge in [0.05, 0.1) is 25.5 Å². The van der Waals surface area contributed by atoms with Crippen molar-refractivity contribution in [2.24, 2.45) is 0 Å². The number of hydrogen-bond acceptors (Lipinski definition) is 6. The second-order valence-corrected chi connectivity index (χ2v) is 8.20. The Hall–Kier alpha value is -3.43. The molecule has 0 saturated heterocycles. The van der Waals surface area contributed by atoms with Crippen molar-refractivity contribution in [3.63, 3.8) is 0 Å². The molecule has 0 heterocycles.